The van der Waals surface area contributed by atoms with Crippen LogP contribution in [-0.4, -0.2) is 38.3 Å². The first-order chi connectivity index (χ1) is 14.3. The molecule has 0 radical (unpaired) electrons. The quantitative estimate of drug-likeness (QED) is 0.622. The summed E-state index contributed by atoms with van der Waals surface area (Å²) in [6.45, 7) is 3.47. The van der Waals surface area contributed by atoms with Crippen molar-refractivity contribution in [2.24, 2.45) is 5.92 Å². The fourth-order valence-electron chi connectivity index (χ4n) is 3.84. The van der Waals surface area contributed by atoms with E-state index in [1.165, 1.54) is 15.4 Å². The third kappa shape index (κ3) is 6.56. The van der Waals surface area contributed by atoms with Gasteiger partial charge >= 0.3 is 0 Å². The van der Waals surface area contributed by atoms with Crippen molar-refractivity contribution in [1.82, 2.24) is 9.62 Å². The first-order valence-corrected chi connectivity index (χ1v) is 12.4. The van der Waals surface area contributed by atoms with E-state index in [0.29, 0.717) is 43.1 Å². The Bertz CT molecular complexity index is 970. The van der Waals surface area contributed by atoms with E-state index in [2.05, 4.69) is 36.5 Å². The maximum absolute atomic E-state index is 12.7. The van der Waals surface area contributed by atoms with Gasteiger partial charge in [0.1, 0.15) is 0 Å². The number of aryl methyl sites for hydroxylation is 2. The molecular weight excluding hydrogens is 420 g/mol. The van der Waals surface area contributed by atoms with Crippen LogP contribution in [0.4, 0.5) is 0 Å². The number of hydrogen-bond donors (Lipinski definition) is 1. The van der Waals surface area contributed by atoms with Crippen LogP contribution in [0.1, 0.15) is 36.0 Å². The molecule has 7 heteroatoms. The van der Waals surface area contributed by atoms with Gasteiger partial charge in [-0.3, -0.25) is 4.79 Å². The van der Waals surface area contributed by atoms with Crippen LogP contribution in [0.15, 0.2) is 48.5 Å². The maximum Gasteiger partial charge on any atom is 0.223 e. The van der Waals surface area contributed by atoms with Gasteiger partial charge in [0, 0.05) is 30.6 Å². The van der Waals surface area contributed by atoms with E-state index in [1.807, 2.05) is 0 Å². The van der Waals surface area contributed by atoms with Crippen molar-refractivity contribution >= 4 is 27.5 Å². The summed E-state index contributed by atoms with van der Waals surface area (Å²) in [5.74, 6) is -0.156. The summed E-state index contributed by atoms with van der Waals surface area (Å²) in [5, 5.41) is 3.54. The number of nitrogens with one attached hydrogen (secondary N) is 1. The van der Waals surface area contributed by atoms with Gasteiger partial charge in [0.25, 0.3) is 0 Å². The number of hydrogen-bond acceptors (Lipinski definition) is 3. The Balaban J connectivity index is 1.41. The predicted molar refractivity (Wildman–Crippen MR) is 121 cm³/mol. The number of carbonyl (C=O) groups is 1. The van der Waals surface area contributed by atoms with Crippen LogP contribution in [0.25, 0.3) is 0 Å². The second kappa shape index (κ2) is 10.4. The summed E-state index contributed by atoms with van der Waals surface area (Å²) in [7, 11) is -3.41. The highest BCUT2D eigenvalue weighted by atomic mass is 35.5. The fraction of sp³-hybridized carbons (Fsp3) is 0.435. The van der Waals surface area contributed by atoms with E-state index < -0.39 is 10.0 Å². The zero-order valence-electron chi connectivity index (χ0n) is 17.3. The van der Waals surface area contributed by atoms with Crippen molar-refractivity contribution in [3.8, 4) is 0 Å². The zero-order valence-corrected chi connectivity index (χ0v) is 18.9. The highest BCUT2D eigenvalue weighted by Crippen LogP contribution is 2.22. The average Bonchev–Trinajstić information content (AvgIpc) is 2.71. The van der Waals surface area contributed by atoms with Crippen molar-refractivity contribution in [3.63, 3.8) is 0 Å². The number of amides is 1. The Labute approximate surface area is 184 Å². The van der Waals surface area contributed by atoms with Crippen molar-refractivity contribution in [2.75, 3.05) is 19.6 Å². The highest BCUT2D eigenvalue weighted by molar-refractivity contribution is 7.88. The van der Waals surface area contributed by atoms with E-state index in [9.17, 15) is 13.2 Å². The number of sulfonamides is 1. The van der Waals surface area contributed by atoms with Crippen LogP contribution in [-0.2, 0) is 27.0 Å². The molecule has 2 aromatic rings. The van der Waals surface area contributed by atoms with Crippen LogP contribution < -0.4 is 5.32 Å². The van der Waals surface area contributed by atoms with E-state index in [0.717, 1.165) is 12.8 Å². The van der Waals surface area contributed by atoms with Gasteiger partial charge in [-0.15, -0.1) is 0 Å². The Morgan fingerprint density at radius 3 is 2.50 bits per heavy atom. The number of rotatable bonds is 8. The van der Waals surface area contributed by atoms with Gasteiger partial charge in [-0.1, -0.05) is 53.6 Å². The molecule has 1 heterocycles. The minimum absolute atomic E-state index is 0.0335. The second-order valence-corrected chi connectivity index (χ2v) is 10.3. The predicted octanol–water partition coefficient (Wildman–Crippen LogP) is 3.94. The molecule has 1 aliphatic rings. The van der Waals surface area contributed by atoms with Crippen LogP contribution in [0.3, 0.4) is 0 Å². The molecule has 0 atom stereocenters. The number of piperidine rings is 1. The normalized spacial score (nSPS) is 15.8. The molecule has 0 aromatic heterocycles. The van der Waals surface area contributed by atoms with E-state index in [-0.39, 0.29) is 17.6 Å². The van der Waals surface area contributed by atoms with Gasteiger partial charge in [0.15, 0.2) is 0 Å². The zero-order chi connectivity index (χ0) is 21.6. The molecule has 2 aromatic carbocycles. The fourth-order valence-corrected chi connectivity index (χ4v) is 5.60. The number of nitrogens with zero attached hydrogens (tertiary/aromatic N) is 1. The molecule has 1 aliphatic heterocycles. The van der Waals surface area contributed by atoms with E-state index >= 15 is 0 Å². The average molecular weight is 449 g/mol. The van der Waals surface area contributed by atoms with Crippen molar-refractivity contribution in [2.45, 2.75) is 38.4 Å². The summed E-state index contributed by atoms with van der Waals surface area (Å²) in [6, 6.07) is 15.3. The summed E-state index contributed by atoms with van der Waals surface area (Å²) in [5.41, 5.74) is 3.20. The molecule has 0 bridgehead atoms. The molecule has 1 N–H and O–H groups in total. The summed E-state index contributed by atoms with van der Waals surface area (Å²) >= 11 is 5.95. The number of benzene rings is 2. The number of halogens is 1. The van der Waals surface area contributed by atoms with Gasteiger partial charge in [-0.25, -0.2) is 12.7 Å². The van der Waals surface area contributed by atoms with Crippen LogP contribution >= 0.6 is 11.6 Å². The maximum atomic E-state index is 12.7. The van der Waals surface area contributed by atoms with E-state index in [4.69, 9.17) is 11.6 Å². The number of carbonyl (C=O) groups excluding carboxylic acids is 1. The van der Waals surface area contributed by atoms with Gasteiger partial charge in [0.2, 0.25) is 15.9 Å². The molecule has 0 spiro atoms. The molecular formula is C23H29ClN2O3S. The molecule has 1 saturated heterocycles. The standard InChI is InChI=1S/C23H29ClN2O3S/c1-18-5-2-6-19(15-18)8-4-12-25-23(27)21-10-13-26(14-11-21)30(28,29)17-20-7-3-9-22(24)16-20/h2-3,5-7,9,15-16,21H,4,8,10-14,17H2,1H3,(H,25,27). The lowest BCUT2D eigenvalue weighted by Gasteiger charge is -2.30. The van der Waals surface area contributed by atoms with Crippen LogP contribution in [0.5, 0.6) is 0 Å². The van der Waals surface area contributed by atoms with E-state index in [1.54, 1.807) is 24.3 Å². The third-order valence-corrected chi connectivity index (χ3v) is 7.57. The van der Waals surface area contributed by atoms with Gasteiger partial charge < -0.3 is 5.32 Å². The van der Waals surface area contributed by atoms with Crippen molar-refractivity contribution in [1.29, 1.82) is 0 Å². The highest BCUT2D eigenvalue weighted by Gasteiger charge is 2.31. The van der Waals surface area contributed by atoms with Crippen molar-refractivity contribution < 1.29 is 13.2 Å². The minimum atomic E-state index is -3.41. The Morgan fingerprint density at radius 1 is 1.10 bits per heavy atom. The molecule has 30 heavy (non-hydrogen) atoms. The molecule has 162 valence electrons. The molecule has 1 amide bonds. The second-order valence-electron chi connectivity index (χ2n) is 7.94. The SMILES string of the molecule is Cc1cccc(CCCNC(=O)C2CCN(S(=O)(=O)Cc3cccc(Cl)c3)CC2)c1. The third-order valence-electron chi connectivity index (χ3n) is 5.48. The Morgan fingerprint density at radius 2 is 1.80 bits per heavy atom. The first kappa shape index (κ1) is 22.8. The van der Waals surface area contributed by atoms with Gasteiger partial charge in [-0.2, -0.15) is 0 Å². The minimum Gasteiger partial charge on any atom is -0.356 e. The monoisotopic (exact) mass is 448 g/mol. The lowest BCUT2D eigenvalue weighted by Crippen LogP contribution is -2.43. The van der Waals surface area contributed by atoms with Crippen LogP contribution in [0.2, 0.25) is 5.02 Å². The lowest BCUT2D eigenvalue weighted by molar-refractivity contribution is -0.126. The van der Waals surface area contributed by atoms with Crippen LogP contribution in [0, 0.1) is 12.8 Å². The lowest BCUT2D eigenvalue weighted by atomic mass is 9.97. The molecule has 0 saturated carbocycles. The smallest absolute Gasteiger partial charge is 0.223 e. The Hall–Kier alpha value is -1.89. The summed E-state index contributed by atoms with van der Waals surface area (Å²) in [6.07, 6.45) is 2.93. The molecule has 0 aliphatic carbocycles. The Kier molecular flexibility index (Phi) is 7.92. The topological polar surface area (TPSA) is 66.5 Å². The largest absolute Gasteiger partial charge is 0.356 e. The summed E-state index contributed by atoms with van der Waals surface area (Å²) < 4.78 is 26.9. The molecule has 5 nitrogen and oxygen atoms in total. The van der Waals surface area contributed by atoms with Gasteiger partial charge in [0.05, 0.1) is 5.75 Å². The van der Waals surface area contributed by atoms with Crippen molar-refractivity contribution in [3.05, 3.63) is 70.2 Å². The first-order valence-electron chi connectivity index (χ1n) is 10.4. The molecule has 1 fully saturated rings. The molecule has 0 unspecified atom stereocenters. The molecule has 3 rings (SSSR count). The van der Waals surface area contributed by atoms with Gasteiger partial charge in [-0.05, 0) is 55.9 Å². The summed E-state index contributed by atoms with van der Waals surface area (Å²) in [4.78, 5) is 12.5.